The van der Waals surface area contributed by atoms with Crippen LogP contribution >= 0.6 is 0 Å². The number of pyridine rings is 2. The smallest absolute Gasteiger partial charge is 0.224 e. The molecule has 0 fully saturated rings. The highest BCUT2D eigenvalue weighted by molar-refractivity contribution is 6.26. The van der Waals surface area contributed by atoms with E-state index in [0.717, 1.165) is 23.0 Å². The summed E-state index contributed by atoms with van der Waals surface area (Å²) in [6.45, 7) is 22.1. The molecule has 0 N–H and O–H groups in total. The lowest BCUT2D eigenvalue weighted by atomic mass is 9.86. The van der Waals surface area contributed by atoms with Crippen LogP contribution in [-0.4, -0.2) is 19.4 Å². The number of hydrogen-bond acceptors (Lipinski definition) is 3. The van der Waals surface area contributed by atoms with E-state index in [1.165, 1.54) is 60.1 Å². The largest absolute Gasteiger partial charge is 0.307 e. The molecule has 4 heterocycles. The Bertz CT molecular complexity index is 2220. The standard InChI is InChI=1S/C38H42N5/c1-21-12-14-26-25-15-13-24(36(2,3)4)20-27(25)43-28-19-23(18-22-16-17-42(11)32(30(22)28)29(21)31(26)43)33-39-34(37(5,6)7)41-35(40-33)38(8,9)10/h12-20H,1-11H3/q+1. The van der Waals surface area contributed by atoms with Gasteiger partial charge in [0.25, 0.3) is 0 Å². The van der Waals surface area contributed by atoms with Crippen molar-refractivity contribution in [3.8, 4) is 11.4 Å². The van der Waals surface area contributed by atoms with Gasteiger partial charge in [0, 0.05) is 33.2 Å². The lowest BCUT2D eigenvalue weighted by Crippen LogP contribution is -2.29. The Morgan fingerprint density at radius 1 is 0.651 bits per heavy atom. The number of aryl methyl sites for hydroxylation is 2. The molecule has 218 valence electrons. The number of rotatable bonds is 1. The Kier molecular flexibility index (Phi) is 5.61. The maximum absolute atomic E-state index is 5.10. The van der Waals surface area contributed by atoms with Crippen LogP contribution in [0, 0.1) is 6.92 Å². The highest BCUT2D eigenvalue weighted by Crippen LogP contribution is 2.42. The molecule has 0 spiro atoms. The maximum atomic E-state index is 5.10. The Labute approximate surface area is 254 Å². The Hall–Kier alpha value is -4.12. The zero-order valence-corrected chi connectivity index (χ0v) is 27.4. The molecule has 5 heteroatoms. The number of hydrogen-bond donors (Lipinski definition) is 0. The molecule has 43 heavy (non-hydrogen) atoms. The molecule has 5 nitrogen and oxygen atoms in total. The van der Waals surface area contributed by atoms with Crippen LogP contribution in [0.3, 0.4) is 0 Å². The zero-order valence-electron chi connectivity index (χ0n) is 27.4. The van der Waals surface area contributed by atoms with Crippen molar-refractivity contribution in [2.24, 2.45) is 7.05 Å². The average Bonchev–Trinajstić information content (AvgIpc) is 3.25. The summed E-state index contributed by atoms with van der Waals surface area (Å²) < 4.78 is 4.80. The van der Waals surface area contributed by atoms with E-state index in [1.54, 1.807) is 0 Å². The van der Waals surface area contributed by atoms with E-state index >= 15 is 0 Å². The fourth-order valence-electron chi connectivity index (χ4n) is 6.49. The lowest BCUT2D eigenvalue weighted by Gasteiger charge is -2.23. The van der Waals surface area contributed by atoms with Gasteiger partial charge in [0.2, 0.25) is 5.52 Å². The second-order valence-electron chi connectivity index (χ2n) is 15.5. The van der Waals surface area contributed by atoms with Gasteiger partial charge in [-0.1, -0.05) is 86.6 Å². The highest BCUT2D eigenvalue weighted by Gasteiger charge is 2.28. The third-order valence-electron chi connectivity index (χ3n) is 8.93. The van der Waals surface area contributed by atoms with Gasteiger partial charge >= 0.3 is 0 Å². The zero-order chi connectivity index (χ0) is 30.8. The van der Waals surface area contributed by atoms with Crippen molar-refractivity contribution >= 4 is 49.0 Å². The maximum Gasteiger partial charge on any atom is 0.224 e. The van der Waals surface area contributed by atoms with Gasteiger partial charge in [-0.3, -0.25) is 0 Å². The van der Waals surface area contributed by atoms with Crippen LogP contribution in [0.25, 0.3) is 60.4 Å². The van der Waals surface area contributed by atoms with Crippen LogP contribution in [0.1, 0.15) is 85.1 Å². The van der Waals surface area contributed by atoms with E-state index < -0.39 is 0 Å². The molecule has 0 aliphatic heterocycles. The van der Waals surface area contributed by atoms with Crippen molar-refractivity contribution in [2.45, 2.75) is 85.5 Å². The molecule has 0 saturated carbocycles. The van der Waals surface area contributed by atoms with Crippen LogP contribution in [-0.2, 0) is 23.3 Å². The normalized spacial score (nSPS) is 13.5. The Morgan fingerprint density at radius 3 is 1.93 bits per heavy atom. The molecular weight excluding hydrogens is 526 g/mol. The number of aromatic nitrogens is 5. The van der Waals surface area contributed by atoms with Crippen LogP contribution in [0.4, 0.5) is 0 Å². The molecule has 0 bridgehead atoms. The lowest BCUT2D eigenvalue weighted by molar-refractivity contribution is -0.643. The quantitative estimate of drug-likeness (QED) is 0.113. The van der Waals surface area contributed by atoms with Gasteiger partial charge in [0.05, 0.1) is 27.3 Å². The first-order valence-electron chi connectivity index (χ1n) is 15.4. The van der Waals surface area contributed by atoms with Gasteiger partial charge in [-0.15, -0.1) is 0 Å². The fourth-order valence-corrected chi connectivity index (χ4v) is 6.49. The first-order chi connectivity index (χ1) is 20.0. The molecule has 0 aliphatic carbocycles. The summed E-state index contributed by atoms with van der Waals surface area (Å²) >= 11 is 0. The minimum absolute atomic E-state index is 0.0391. The van der Waals surface area contributed by atoms with Crippen LogP contribution in [0.15, 0.2) is 54.7 Å². The Balaban J connectivity index is 1.71. The van der Waals surface area contributed by atoms with Crippen molar-refractivity contribution in [1.82, 2.24) is 19.4 Å². The predicted molar refractivity (Wildman–Crippen MR) is 179 cm³/mol. The molecule has 0 atom stereocenters. The second-order valence-corrected chi connectivity index (χ2v) is 15.5. The van der Waals surface area contributed by atoms with Crippen molar-refractivity contribution in [1.29, 1.82) is 0 Å². The summed E-state index contributed by atoms with van der Waals surface area (Å²) in [4.78, 5) is 15.1. The first kappa shape index (κ1) is 27.7. The molecule has 7 aromatic rings. The van der Waals surface area contributed by atoms with E-state index in [1.807, 2.05) is 0 Å². The van der Waals surface area contributed by atoms with Crippen molar-refractivity contribution in [3.05, 3.63) is 77.5 Å². The molecule has 0 saturated heterocycles. The van der Waals surface area contributed by atoms with Gasteiger partial charge < -0.3 is 4.40 Å². The van der Waals surface area contributed by atoms with Crippen LogP contribution < -0.4 is 4.57 Å². The van der Waals surface area contributed by atoms with Crippen molar-refractivity contribution < 1.29 is 4.57 Å². The topological polar surface area (TPSA) is 47.0 Å². The summed E-state index contributed by atoms with van der Waals surface area (Å²) in [5, 5.41) is 6.32. The SMILES string of the molecule is Cc1ccc2c3ccc(C(C)(C)C)cc3n3c4cc(-c5nc(C(C)(C)C)nc(C(C)(C)C)n5)cc5cc[n+](C)c(c1c23)c54. The highest BCUT2D eigenvalue weighted by atomic mass is 15.1. The minimum atomic E-state index is -0.202. The molecule has 4 aromatic heterocycles. The van der Waals surface area contributed by atoms with Gasteiger partial charge in [0.15, 0.2) is 12.0 Å². The van der Waals surface area contributed by atoms with E-state index in [9.17, 15) is 0 Å². The molecule has 3 aromatic carbocycles. The summed E-state index contributed by atoms with van der Waals surface area (Å²) in [5.74, 6) is 2.37. The summed E-state index contributed by atoms with van der Waals surface area (Å²) in [6.07, 6.45) is 2.19. The summed E-state index contributed by atoms with van der Waals surface area (Å²) in [6, 6.07) is 18.4. The van der Waals surface area contributed by atoms with E-state index in [-0.39, 0.29) is 16.2 Å². The van der Waals surface area contributed by atoms with E-state index in [2.05, 4.69) is 140 Å². The third-order valence-corrected chi connectivity index (χ3v) is 8.93. The first-order valence-corrected chi connectivity index (χ1v) is 15.4. The summed E-state index contributed by atoms with van der Waals surface area (Å²) in [7, 11) is 2.16. The van der Waals surface area contributed by atoms with Crippen molar-refractivity contribution in [3.63, 3.8) is 0 Å². The van der Waals surface area contributed by atoms with Gasteiger partial charge in [-0.25, -0.2) is 19.5 Å². The monoisotopic (exact) mass is 568 g/mol. The molecule has 0 amide bonds. The average molecular weight is 569 g/mol. The van der Waals surface area contributed by atoms with Gasteiger partial charge in [-0.2, -0.15) is 0 Å². The number of fused-ring (bicyclic) bond motifs is 5. The number of benzene rings is 3. The third kappa shape index (κ3) is 4.11. The van der Waals surface area contributed by atoms with E-state index in [0.29, 0.717) is 0 Å². The molecule has 0 radical (unpaired) electrons. The van der Waals surface area contributed by atoms with Crippen molar-refractivity contribution in [2.75, 3.05) is 0 Å². The molecule has 0 aliphatic rings. The molecule has 7 rings (SSSR count). The predicted octanol–water partition coefficient (Wildman–Crippen LogP) is 8.87. The van der Waals surface area contributed by atoms with Crippen LogP contribution in [0.2, 0.25) is 0 Å². The second kappa shape index (κ2) is 8.72. The van der Waals surface area contributed by atoms with E-state index in [4.69, 9.17) is 15.0 Å². The molecular formula is C38H42N5+. The fraction of sp³-hybridized carbons (Fsp3) is 0.368. The van der Waals surface area contributed by atoms with Crippen LogP contribution in [0.5, 0.6) is 0 Å². The minimum Gasteiger partial charge on any atom is -0.307 e. The Morgan fingerprint density at radius 2 is 1.30 bits per heavy atom. The summed E-state index contributed by atoms with van der Waals surface area (Å²) in [5.41, 5.74) is 8.22. The molecule has 0 unspecified atom stereocenters. The van der Waals surface area contributed by atoms with Gasteiger partial charge in [-0.05, 0) is 47.1 Å². The van der Waals surface area contributed by atoms with Gasteiger partial charge in [0.1, 0.15) is 18.7 Å². The number of nitrogens with zero attached hydrogens (tertiary/aromatic N) is 5.